The molecule has 0 unspecified atom stereocenters. The third-order valence-electron chi connectivity index (χ3n) is 6.57. The highest BCUT2D eigenvalue weighted by Gasteiger charge is 2.19. The molecule has 2 aromatic carbocycles. The van der Waals surface area contributed by atoms with Gasteiger partial charge in [0.15, 0.2) is 0 Å². The smallest absolute Gasteiger partial charge is 0.328 e. The van der Waals surface area contributed by atoms with E-state index in [0.29, 0.717) is 24.5 Å². The van der Waals surface area contributed by atoms with E-state index in [1.54, 1.807) is 29.4 Å². The quantitative estimate of drug-likeness (QED) is 0.403. The highest BCUT2D eigenvalue weighted by Crippen LogP contribution is 2.33. The molecule has 5 rings (SSSR count). The Kier molecular flexibility index (Phi) is 6.02. The number of halogens is 1. The fourth-order valence-electron chi connectivity index (χ4n) is 4.48. The standard InChI is InChI=1S/C25H27BrN6O3/c1-15-11-17(5-6-19(15)26)32-24(33)18(16(2)28-32)14-27-20-12-22-23(30(4)25(34)29(22)3)13-21(20)31-7-9-35-10-8-31/h5-6,11-14,28H,7-10H2,1-4H3. The molecule has 1 aliphatic heterocycles. The van der Waals surface area contributed by atoms with Gasteiger partial charge in [-0.15, -0.1) is 0 Å². The van der Waals surface area contributed by atoms with E-state index in [2.05, 4.69) is 25.9 Å². The summed E-state index contributed by atoms with van der Waals surface area (Å²) in [6.45, 7) is 6.56. The largest absolute Gasteiger partial charge is 0.378 e. The molecule has 0 spiro atoms. The second-order valence-electron chi connectivity index (χ2n) is 8.81. The van der Waals surface area contributed by atoms with Gasteiger partial charge < -0.3 is 9.64 Å². The van der Waals surface area contributed by atoms with Crippen LogP contribution in [-0.4, -0.2) is 51.4 Å². The molecule has 0 atom stereocenters. The van der Waals surface area contributed by atoms with Crippen LogP contribution < -0.4 is 16.1 Å². The molecule has 1 N–H and O–H groups in total. The van der Waals surface area contributed by atoms with Crippen LogP contribution >= 0.6 is 15.9 Å². The molecule has 1 saturated heterocycles. The average Bonchev–Trinajstić information content (AvgIpc) is 3.26. The molecular formula is C25H27BrN6O3. The highest BCUT2D eigenvalue weighted by molar-refractivity contribution is 9.10. The third kappa shape index (κ3) is 4.06. The van der Waals surface area contributed by atoms with Crippen molar-refractivity contribution in [3.8, 4) is 5.69 Å². The van der Waals surface area contributed by atoms with Gasteiger partial charge in [-0.1, -0.05) is 15.9 Å². The number of benzene rings is 2. The van der Waals surface area contributed by atoms with Gasteiger partial charge in [-0.05, 0) is 49.7 Å². The van der Waals surface area contributed by atoms with Crippen LogP contribution in [0.5, 0.6) is 0 Å². The lowest BCUT2D eigenvalue weighted by molar-refractivity contribution is 0.123. The van der Waals surface area contributed by atoms with Crippen molar-refractivity contribution in [2.45, 2.75) is 13.8 Å². The number of ether oxygens (including phenoxy) is 1. The van der Waals surface area contributed by atoms with Crippen LogP contribution in [0.3, 0.4) is 0 Å². The number of aromatic nitrogens is 4. The maximum atomic E-state index is 13.3. The predicted molar refractivity (Wildman–Crippen MR) is 142 cm³/mol. The van der Waals surface area contributed by atoms with E-state index in [9.17, 15) is 9.59 Å². The average molecular weight is 539 g/mol. The minimum atomic E-state index is -0.172. The molecule has 1 aliphatic rings. The summed E-state index contributed by atoms with van der Waals surface area (Å²) in [5, 5.41) is 3.16. The molecule has 0 aliphatic carbocycles. The van der Waals surface area contributed by atoms with Gasteiger partial charge in [0, 0.05) is 43.6 Å². The number of nitrogens with one attached hydrogen (secondary N) is 1. The Balaban J connectivity index is 1.61. The Morgan fingerprint density at radius 1 is 1.03 bits per heavy atom. The number of rotatable bonds is 4. The summed E-state index contributed by atoms with van der Waals surface area (Å²) in [5.74, 6) is 0. The normalized spacial score (nSPS) is 14.5. The van der Waals surface area contributed by atoms with Crippen molar-refractivity contribution in [2.75, 3.05) is 31.2 Å². The van der Waals surface area contributed by atoms with E-state index in [1.807, 2.05) is 44.2 Å². The van der Waals surface area contributed by atoms with Gasteiger partial charge in [-0.3, -0.25) is 24.0 Å². The van der Waals surface area contributed by atoms with Crippen LogP contribution in [-0.2, 0) is 18.8 Å². The van der Waals surface area contributed by atoms with Crippen molar-refractivity contribution in [3.63, 3.8) is 0 Å². The monoisotopic (exact) mass is 538 g/mol. The molecule has 0 saturated carbocycles. The first kappa shape index (κ1) is 23.4. The molecule has 0 radical (unpaired) electrons. The van der Waals surface area contributed by atoms with E-state index < -0.39 is 0 Å². The zero-order valence-electron chi connectivity index (χ0n) is 20.1. The lowest BCUT2D eigenvalue weighted by Crippen LogP contribution is -2.36. The SMILES string of the molecule is Cc1cc(-n2[nH]c(C)c(C=Nc3cc4c(cc3N3CCOCC3)n(C)c(=O)n4C)c2=O)ccc1Br. The molecule has 9 nitrogen and oxygen atoms in total. The minimum absolute atomic E-state index is 0.0942. The summed E-state index contributed by atoms with van der Waals surface area (Å²) >= 11 is 3.51. The summed E-state index contributed by atoms with van der Waals surface area (Å²) in [6, 6.07) is 9.67. The fraction of sp³-hybridized carbons (Fsp3) is 0.320. The maximum Gasteiger partial charge on any atom is 0.328 e. The number of hydrogen-bond acceptors (Lipinski definition) is 5. The van der Waals surface area contributed by atoms with Gasteiger partial charge in [0.1, 0.15) is 0 Å². The molecular weight excluding hydrogens is 512 g/mol. The summed E-state index contributed by atoms with van der Waals surface area (Å²) in [5.41, 5.74) is 5.97. The second kappa shape index (κ2) is 9.01. The molecule has 2 aromatic heterocycles. The molecule has 0 bridgehead atoms. The second-order valence-corrected chi connectivity index (χ2v) is 9.67. The van der Waals surface area contributed by atoms with Crippen molar-refractivity contribution >= 4 is 44.6 Å². The van der Waals surface area contributed by atoms with Crippen LogP contribution in [0.15, 0.2) is 49.4 Å². The molecule has 4 aromatic rings. The third-order valence-corrected chi connectivity index (χ3v) is 7.46. The number of aromatic amines is 1. The Labute approximate surface area is 210 Å². The summed E-state index contributed by atoms with van der Waals surface area (Å²) < 4.78 is 11.3. The highest BCUT2D eigenvalue weighted by atomic mass is 79.9. The van der Waals surface area contributed by atoms with Crippen molar-refractivity contribution in [1.29, 1.82) is 0 Å². The van der Waals surface area contributed by atoms with Crippen molar-refractivity contribution in [1.82, 2.24) is 18.9 Å². The molecule has 0 amide bonds. The zero-order valence-corrected chi connectivity index (χ0v) is 21.7. The first-order chi connectivity index (χ1) is 16.8. The van der Waals surface area contributed by atoms with Gasteiger partial charge in [0.25, 0.3) is 5.56 Å². The Bertz CT molecular complexity index is 1580. The maximum absolute atomic E-state index is 13.3. The molecule has 10 heteroatoms. The van der Waals surface area contributed by atoms with E-state index in [0.717, 1.165) is 51.2 Å². The van der Waals surface area contributed by atoms with Gasteiger partial charge in [-0.25, -0.2) is 9.48 Å². The zero-order chi connectivity index (χ0) is 24.9. The van der Waals surface area contributed by atoms with Crippen LogP contribution in [0.25, 0.3) is 16.7 Å². The number of aliphatic imine (C=N–C) groups is 1. The van der Waals surface area contributed by atoms with E-state index in [1.165, 1.54) is 4.68 Å². The first-order valence-corrected chi connectivity index (χ1v) is 12.2. The van der Waals surface area contributed by atoms with Crippen LogP contribution in [0.2, 0.25) is 0 Å². The Hall–Kier alpha value is -3.37. The van der Waals surface area contributed by atoms with Crippen LogP contribution in [0.4, 0.5) is 11.4 Å². The van der Waals surface area contributed by atoms with E-state index >= 15 is 0 Å². The summed E-state index contributed by atoms with van der Waals surface area (Å²) in [7, 11) is 3.52. The van der Waals surface area contributed by atoms with Gasteiger partial charge in [0.05, 0.1) is 46.9 Å². The minimum Gasteiger partial charge on any atom is -0.378 e. The van der Waals surface area contributed by atoms with Gasteiger partial charge >= 0.3 is 5.69 Å². The lowest BCUT2D eigenvalue weighted by atomic mass is 10.2. The number of hydrogen-bond donors (Lipinski definition) is 1. The van der Waals surface area contributed by atoms with E-state index in [4.69, 9.17) is 9.73 Å². The Morgan fingerprint density at radius 3 is 2.40 bits per heavy atom. The van der Waals surface area contributed by atoms with Crippen molar-refractivity contribution < 1.29 is 4.74 Å². The lowest BCUT2D eigenvalue weighted by Gasteiger charge is -2.30. The molecule has 1 fully saturated rings. The number of fused-ring (bicyclic) bond motifs is 1. The first-order valence-electron chi connectivity index (χ1n) is 11.4. The van der Waals surface area contributed by atoms with Crippen LogP contribution in [0.1, 0.15) is 16.8 Å². The number of nitrogens with zero attached hydrogens (tertiary/aromatic N) is 5. The fourth-order valence-corrected chi connectivity index (χ4v) is 4.73. The number of aryl methyl sites for hydroxylation is 4. The van der Waals surface area contributed by atoms with E-state index in [-0.39, 0.29) is 11.2 Å². The number of anilines is 1. The predicted octanol–water partition coefficient (Wildman–Crippen LogP) is 3.32. The molecule has 182 valence electrons. The van der Waals surface area contributed by atoms with Gasteiger partial charge in [0.2, 0.25) is 0 Å². The van der Waals surface area contributed by atoms with Gasteiger partial charge in [-0.2, -0.15) is 0 Å². The van der Waals surface area contributed by atoms with Crippen molar-refractivity contribution in [2.24, 2.45) is 19.1 Å². The number of morpholine rings is 1. The topological polar surface area (TPSA) is 89.5 Å². The summed E-state index contributed by atoms with van der Waals surface area (Å²) in [4.78, 5) is 32.8. The number of imidazole rings is 1. The number of H-pyrrole nitrogens is 1. The Morgan fingerprint density at radius 2 is 1.71 bits per heavy atom. The van der Waals surface area contributed by atoms with Crippen molar-refractivity contribution in [3.05, 3.63) is 72.5 Å². The molecule has 35 heavy (non-hydrogen) atoms. The molecule has 3 heterocycles. The summed E-state index contributed by atoms with van der Waals surface area (Å²) in [6.07, 6.45) is 1.61. The van der Waals surface area contributed by atoms with Crippen LogP contribution in [0, 0.1) is 13.8 Å².